The predicted molar refractivity (Wildman–Crippen MR) is 79.4 cm³/mol. The Labute approximate surface area is 114 Å². The molecule has 0 aromatic rings. The van der Waals surface area contributed by atoms with E-state index in [1.807, 2.05) is 0 Å². The Hall–Kier alpha value is -0.530. The minimum atomic E-state index is -0.165. The third-order valence-corrected chi connectivity index (χ3v) is 3.73. The molecule has 0 aliphatic carbocycles. The highest BCUT2D eigenvalue weighted by Crippen LogP contribution is 2.29. The molecule has 0 unspecified atom stereocenters. The van der Waals surface area contributed by atoms with Crippen LogP contribution in [0.5, 0.6) is 0 Å². The fourth-order valence-corrected chi connectivity index (χ4v) is 2.43. The van der Waals surface area contributed by atoms with Gasteiger partial charge in [0.15, 0.2) is 0 Å². The Kier molecular flexibility index (Phi) is 10.1. The van der Waals surface area contributed by atoms with Crippen molar-refractivity contribution in [1.82, 2.24) is 0 Å². The van der Waals surface area contributed by atoms with Crippen LogP contribution in [-0.4, -0.2) is 5.91 Å². The lowest BCUT2D eigenvalue weighted by Crippen LogP contribution is -2.14. The second-order valence-electron chi connectivity index (χ2n) is 6.36. The van der Waals surface area contributed by atoms with Gasteiger partial charge >= 0.3 is 0 Å². The largest absolute Gasteiger partial charge is 0.370 e. The molecule has 0 radical (unpaired) electrons. The van der Waals surface area contributed by atoms with E-state index in [1.165, 1.54) is 51.4 Å². The minimum Gasteiger partial charge on any atom is -0.370 e. The Balaban J connectivity index is 3.43. The van der Waals surface area contributed by atoms with E-state index in [0.717, 1.165) is 12.8 Å². The van der Waals surface area contributed by atoms with Crippen molar-refractivity contribution >= 4 is 5.91 Å². The van der Waals surface area contributed by atoms with Crippen LogP contribution >= 0.6 is 0 Å². The number of carbonyl (C=O) groups excluding carboxylic acids is 1. The van der Waals surface area contributed by atoms with E-state index in [0.29, 0.717) is 11.8 Å². The lowest BCUT2D eigenvalue weighted by molar-refractivity contribution is -0.118. The number of primary amides is 1. The first-order chi connectivity index (χ1) is 8.48. The molecule has 0 aromatic carbocycles. The average molecular weight is 255 g/mol. The van der Waals surface area contributed by atoms with Gasteiger partial charge in [0.1, 0.15) is 0 Å². The summed E-state index contributed by atoms with van der Waals surface area (Å²) in [7, 11) is 0. The van der Waals surface area contributed by atoms with Crippen molar-refractivity contribution in [1.29, 1.82) is 0 Å². The number of nitrogens with two attached hydrogens (primary N) is 1. The highest BCUT2D eigenvalue weighted by Gasteiger charge is 2.16. The Morgan fingerprint density at radius 2 is 1.39 bits per heavy atom. The maximum absolute atomic E-state index is 10.7. The molecule has 0 heterocycles. The van der Waals surface area contributed by atoms with E-state index < -0.39 is 0 Å². The van der Waals surface area contributed by atoms with Gasteiger partial charge in [-0.1, -0.05) is 65.7 Å². The van der Waals surface area contributed by atoms with Gasteiger partial charge in [0.2, 0.25) is 5.91 Å². The molecule has 0 spiro atoms. The Morgan fingerprint density at radius 1 is 0.889 bits per heavy atom. The summed E-state index contributed by atoms with van der Waals surface area (Å²) in [4.78, 5) is 10.7. The molecule has 0 bridgehead atoms. The molecule has 0 aliphatic heterocycles. The minimum absolute atomic E-state index is 0.165. The fourth-order valence-electron chi connectivity index (χ4n) is 2.43. The van der Waals surface area contributed by atoms with Crippen molar-refractivity contribution in [2.24, 2.45) is 11.1 Å². The van der Waals surface area contributed by atoms with Gasteiger partial charge in [-0.3, -0.25) is 4.79 Å². The first kappa shape index (κ1) is 17.5. The summed E-state index contributed by atoms with van der Waals surface area (Å²) in [6, 6.07) is 0. The van der Waals surface area contributed by atoms with Gasteiger partial charge in [-0.2, -0.15) is 0 Å². The maximum Gasteiger partial charge on any atom is 0.217 e. The molecule has 0 aromatic heterocycles. The van der Waals surface area contributed by atoms with E-state index in [1.54, 1.807) is 0 Å². The number of amides is 1. The zero-order chi connectivity index (χ0) is 13.9. The van der Waals surface area contributed by atoms with E-state index in [4.69, 9.17) is 5.73 Å². The third-order valence-electron chi connectivity index (χ3n) is 3.73. The van der Waals surface area contributed by atoms with E-state index in [2.05, 4.69) is 20.8 Å². The van der Waals surface area contributed by atoms with Crippen molar-refractivity contribution in [2.45, 2.75) is 91.4 Å². The fraction of sp³-hybridized carbons (Fsp3) is 0.938. The van der Waals surface area contributed by atoms with E-state index in [-0.39, 0.29) is 5.91 Å². The molecule has 0 atom stereocenters. The number of rotatable bonds is 12. The zero-order valence-corrected chi connectivity index (χ0v) is 12.8. The highest BCUT2D eigenvalue weighted by atomic mass is 16.1. The molecule has 18 heavy (non-hydrogen) atoms. The van der Waals surface area contributed by atoms with Crippen molar-refractivity contribution in [2.75, 3.05) is 0 Å². The normalized spacial score (nSPS) is 11.7. The van der Waals surface area contributed by atoms with Crippen LogP contribution in [0, 0.1) is 5.41 Å². The predicted octanol–water partition coefficient (Wildman–Crippen LogP) is 4.81. The van der Waals surface area contributed by atoms with Crippen LogP contribution in [0.2, 0.25) is 0 Å². The second kappa shape index (κ2) is 10.4. The van der Waals surface area contributed by atoms with Gasteiger partial charge in [-0.15, -0.1) is 0 Å². The lowest BCUT2D eigenvalue weighted by Gasteiger charge is -2.24. The van der Waals surface area contributed by atoms with Gasteiger partial charge in [-0.05, 0) is 24.7 Å². The monoisotopic (exact) mass is 255 g/mol. The van der Waals surface area contributed by atoms with Crippen LogP contribution in [-0.2, 0) is 4.79 Å². The molecule has 2 nitrogen and oxygen atoms in total. The molecule has 2 heteroatoms. The first-order valence-electron chi connectivity index (χ1n) is 7.76. The number of carbonyl (C=O) groups is 1. The number of unbranched alkanes of at least 4 members (excludes halogenated alkanes) is 6. The van der Waals surface area contributed by atoms with Crippen LogP contribution < -0.4 is 5.73 Å². The summed E-state index contributed by atoms with van der Waals surface area (Å²) in [6.07, 6.45) is 13.5. The molecule has 0 fully saturated rings. The summed E-state index contributed by atoms with van der Waals surface area (Å²) in [5, 5.41) is 0. The smallest absolute Gasteiger partial charge is 0.217 e. The maximum atomic E-state index is 10.7. The quantitative estimate of drug-likeness (QED) is 0.500. The van der Waals surface area contributed by atoms with Crippen molar-refractivity contribution in [3.63, 3.8) is 0 Å². The molecule has 0 saturated heterocycles. The SMILES string of the molecule is CCCCCCCCCC(C)(C)CCCC(N)=O. The Bertz CT molecular complexity index is 211. The molecular weight excluding hydrogens is 222 g/mol. The first-order valence-corrected chi connectivity index (χ1v) is 7.76. The van der Waals surface area contributed by atoms with Gasteiger partial charge in [0, 0.05) is 6.42 Å². The summed E-state index contributed by atoms with van der Waals surface area (Å²) < 4.78 is 0. The van der Waals surface area contributed by atoms with Gasteiger partial charge in [0.05, 0.1) is 0 Å². The van der Waals surface area contributed by atoms with Crippen LogP contribution in [0.1, 0.15) is 91.4 Å². The van der Waals surface area contributed by atoms with Crippen LogP contribution in [0.4, 0.5) is 0 Å². The van der Waals surface area contributed by atoms with Gasteiger partial charge < -0.3 is 5.73 Å². The molecule has 108 valence electrons. The van der Waals surface area contributed by atoms with E-state index in [9.17, 15) is 4.79 Å². The zero-order valence-electron chi connectivity index (χ0n) is 12.8. The van der Waals surface area contributed by atoms with E-state index >= 15 is 0 Å². The summed E-state index contributed by atoms with van der Waals surface area (Å²) in [5.41, 5.74) is 5.54. The van der Waals surface area contributed by atoms with Gasteiger partial charge in [-0.25, -0.2) is 0 Å². The third kappa shape index (κ3) is 11.9. The van der Waals surface area contributed by atoms with Crippen LogP contribution in [0.25, 0.3) is 0 Å². The number of hydrogen-bond acceptors (Lipinski definition) is 1. The Morgan fingerprint density at radius 3 is 1.94 bits per heavy atom. The summed E-state index contributed by atoms with van der Waals surface area (Å²) in [5.74, 6) is -0.165. The van der Waals surface area contributed by atoms with Crippen molar-refractivity contribution in [3.8, 4) is 0 Å². The summed E-state index contributed by atoms with van der Waals surface area (Å²) >= 11 is 0. The van der Waals surface area contributed by atoms with Crippen molar-refractivity contribution < 1.29 is 4.79 Å². The average Bonchev–Trinajstić information content (AvgIpc) is 2.27. The standard InChI is InChI=1S/C16H33NO/c1-4-5-6-7-8-9-10-13-16(2,3)14-11-12-15(17)18/h4-14H2,1-3H3,(H2,17,18). The molecule has 2 N–H and O–H groups in total. The second-order valence-corrected chi connectivity index (χ2v) is 6.36. The topological polar surface area (TPSA) is 43.1 Å². The molecule has 1 amide bonds. The highest BCUT2D eigenvalue weighted by molar-refractivity contribution is 5.73. The van der Waals surface area contributed by atoms with Gasteiger partial charge in [0.25, 0.3) is 0 Å². The molecular formula is C16H33NO. The molecule has 0 saturated carbocycles. The summed E-state index contributed by atoms with van der Waals surface area (Å²) in [6.45, 7) is 6.88. The number of hydrogen-bond donors (Lipinski definition) is 1. The van der Waals surface area contributed by atoms with Crippen LogP contribution in [0.15, 0.2) is 0 Å². The lowest BCUT2D eigenvalue weighted by atomic mass is 9.82. The van der Waals surface area contributed by atoms with Crippen LogP contribution in [0.3, 0.4) is 0 Å². The molecule has 0 aliphatic rings. The van der Waals surface area contributed by atoms with Crippen molar-refractivity contribution in [3.05, 3.63) is 0 Å². The molecule has 0 rings (SSSR count).